The second-order valence-corrected chi connectivity index (χ2v) is 5.53. The molecule has 1 aromatic heterocycles. The number of hydrogen-bond acceptors (Lipinski definition) is 3. The second kappa shape index (κ2) is 4.30. The van der Waals surface area contributed by atoms with Crippen molar-refractivity contribution in [2.75, 3.05) is 11.9 Å². The molecule has 0 saturated carbocycles. The minimum absolute atomic E-state index is 0.232. The minimum Gasteiger partial charge on any atom is -0.363 e. The zero-order valence-electron chi connectivity index (χ0n) is 11.0. The van der Waals surface area contributed by atoms with Crippen molar-refractivity contribution in [2.45, 2.75) is 51.2 Å². The van der Waals surface area contributed by atoms with Crippen LogP contribution >= 0.6 is 0 Å². The zero-order chi connectivity index (χ0) is 12.7. The van der Waals surface area contributed by atoms with E-state index in [9.17, 15) is 4.79 Å². The average Bonchev–Trinajstić information content (AvgIpc) is 3.00. The third-order valence-corrected chi connectivity index (χ3v) is 3.95. The number of amides is 1. The van der Waals surface area contributed by atoms with Gasteiger partial charge in [-0.15, -0.1) is 0 Å². The van der Waals surface area contributed by atoms with Gasteiger partial charge in [-0.05, 0) is 26.7 Å². The Kier molecular flexibility index (Phi) is 2.76. The van der Waals surface area contributed by atoms with Gasteiger partial charge in [0.2, 0.25) is 5.91 Å². The molecule has 5 nitrogen and oxygen atoms in total. The molecule has 98 valence electrons. The highest BCUT2D eigenvalue weighted by Crippen LogP contribution is 2.30. The van der Waals surface area contributed by atoms with Gasteiger partial charge in [-0.1, -0.05) is 0 Å². The van der Waals surface area contributed by atoms with Crippen LogP contribution in [-0.4, -0.2) is 39.2 Å². The molecule has 1 amide bonds. The fourth-order valence-electron chi connectivity index (χ4n) is 3.00. The SMILES string of the molecule is CC(C)n1ccc(NC2CC(=O)N3CCCC23)n1. The van der Waals surface area contributed by atoms with Crippen molar-refractivity contribution < 1.29 is 4.79 Å². The first-order valence-corrected chi connectivity index (χ1v) is 6.76. The highest BCUT2D eigenvalue weighted by molar-refractivity contribution is 5.81. The van der Waals surface area contributed by atoms with Crippen molar-refractivity contribution in [1.82, 2.24) is 14.7 Å². The van der Waals surface area contributed by atoms with Crippen molar-refractivity contribution in [3.05, 3.63) is 12.3 Å². The van der Waals surface area contributed by atoms with Crippen molar-refractivity contribution in [2.24, 2.45) is 0 Å². The summed E-state index contributed by atoms with van der Waals surface area (Å²) in [5.74, 6) is 1.17. The largest absolute Gasteiger partial charge is 0.363 e. The van der Waals surface area contributed by atoms with Crippen LogP contribution in [0, 0.1) is 0 Å². The molecule has 3 heterocycles. The van der Waals surface area contributed by atoms with Crippen LogP contribution in [0.25, 0.3) is 0 Å². The second-order valence-electron chi connectivity index (χ2n) is 5.53. The van der Waals surface area contributed by atoms with E-state index >= 15 is 0 Å². The van der Waals surface area contributed by atoms with Crippen molar-refractivity contribution in [1.29, 1.82) is 0 Å². The predicted molar refractivity (Wildman–Crippen MR) is 69.4 cm³/mol. The van der Waals surface area contributed by atoms with E-state index in [1.54, 1.807) is 0 Å². The summed E-state index contributed by atoms with van der Waals surface area (Å²) in [5.41, 5.74) is 0. The van der Waals surface area contributed by atoms with Gasteiger partial charge >= 0.3 is 0 Å². The summed E-state index contributed by atoms with van der Waals surface area (Å²) < 4.78 is 1.94. The maximum absolute atomic E-state index is 11.8. The van der Waals surface area contributed by atoms with E-state index in [1.807, 2.05) is 21.8 Å². The van der Waals surface area contributed by atoms with Gasteiger partial charge in [0.05, 0.1) is 12.1 Å². The van der Waals surface area contributed by atoms with Gasteiger partial charge in [0.15, 0.2) is 0 Å². The van der Waals surface area contributed by atoms with Gasteiger partial charge in [0.1, 0.15) is 5.82 Å². The average molecular weight is 248 g/mol. The van der Waals surface area contributed by atoms with E-state index in [2.05, 4.69) is 24.3 Å². The van der Waals surface area contributed by atoms with Crippen molar-refractivity contribution >= 4 is 11.7 Å². The Morgan fingerprint density at radius 1 is 1.50 bits per heavy atom. The Morgan fingerprint density at radius 3 is 3.06 bits per heavy atom. The minimum atomic E-state index is 0.232. The lowest BCUT2D eigenvalue weighted by Gasteiger charge is -2.20. The molecular formula is C13H20N4O. The van der Waals surface area contributed by atoms with Gasteiger partial charge in [0.25, 0.3) is 0 Å². The number of fused-ring (bicyclic) bond motifs is 1. The Bertz CT molecular complexity index is 454. The van der Waals surface area contributed by atoms with E-state index in [4.69, 9.17) is 0 Å². The summed E-state index contributed by atoms with van der Waals surface area (Å²) in [5, 5.41) is 7.91. The quantitative estimate of drug-likeness (QED) is 0.884. The fraction of sp³-hybridized carbons (Fsp3) is 0.692. The molecular weight excluding hydrogens is 228 g/mol. The molecule has 0 radical (unpaired) electrons. The molecule has 1 aromatic rings. The number of carbonyl (C=O) groups is 1. The summed E-state index contributed by atoms with van der Waals surface area (Å²) in [4.78, 5) is 13.9. The Hall–Kier alpha value is -1.52. The molecule has 0 bridgehead atoms. The molecule has 0 spiro atoms. The number of carbonyl (C=O) groups excluding carboxylic acids is 1. The van der Waals surface area contributed by atoms with Crippen LogP contribution in [-0.2, 0) is 4.79 Å². The number of nitrogens with zero attached hydrogens (tertiary/aromatic N) is 3. The maximum Gasteiger partial charge on any atom is 0.225 e. The molecule has 5 heteroatoms. The Morgan fingerprint density at radius 2 is 2.33 bits per heavy atom. The lowest BCUT2D eigenvalue weighted by Crippen LogP contribution is -2.34. The summed E-state index contributed by atoms with van der Waals surface area (Å²) in [6.07, 6.45) is 4.85. The first-order chi connectivity index (χ1) is 8.65. The summed E-state index contributed by atoms with van der Waals surface area (Å²) in [6, 6.07) is 2.97. The van der Waals surface area contributed by atoms with E-state index in [1.165, 1.54) is 0 Å². The van der Waals surface area contributed by atoms with Crippen molar-refractivity contribution in [3.63, 3.8) is 0 Å². The van der Waals surface area contributed by atoms with Gasteiger partial charge < -0.3 is 10.2 Å². The van der Waals surface area contributed by atoms with Crippen LogP contribution in [0.5, 0.6) is 0 Å². The first kappa shape index (κ1) is 11.6. The maximum atomic E-state index is 11.8. The summed E-state index contributed by atoms with van der Waals surface area (Å²) in [6.45, 7) is 5.14. The normalized spacial score (nSPS) is 27.1. The first-order valence-electron chi connectivity index (χ1n) is 6.76. The molecule has 0 aliphatic carbocycles. The molecule has 0 aromatic carbocycles. The van der Waals surface area contributed by atoms with Gasteiger partial charge in [-0.3, -0.25) is 9.48 Å². The molecule has 1 N–H and O–H groups in total. The van der Waals surface area contributed by atoms with E-state index in [0.29, 0.717) is 24.4 Å². The number of aromatic nitrogens is 2. The number of hydrogen-bond donors (Lipinski definition) is 1. The van der Waals surface area contributed by atoms with E-state index in [0.717, 1.165) is 25.2 Å². The van der Waals surface area contributed by atoms with Crippen molar-refractivity contribution in [3.8, 4) is 0 Å². The number of rotatable bonds is 3. The third-order valence-electron chi connectivity index (χ3n) is 3.95. The Balaban J connectivity index is 1.70. The third kappa shape index (κ3) is 1.87. The summed E-state index contributed by atoms with van der Waals surface area (Å²) in [7, 11) is 0. The monoisotopic (exact) mass is 248 g/mol. The van der Waals surface area contributed by atoms with Crippen LogP contribution in [0.15, 0.2) is 12.3 Å². The molecule has 2 fully saturated rings. The van der Waals surface area contributed by atoms with Gasteiger partial charge in [0, 0.05) is 31.3 Å². The smallest absolute Gasteiger partial charge is 0.225 e. The molecule has 18 heavy (non-hydrogen) atoms. The van der Waals surface area contributed by atoms with Crippen LogP contribution in [0.4, 0.5) is 5.82 Å². The highest BCUT2D eigenvalue weighted by Gasteiger charge is 2.42. The van der Waals surface area contributed by atoms with Gasteiger partial charge in [-0.25, -0.2) is 0 Å². The molecule has 2 aliphatic heterocycles. The fourth-order valence-corrected chi connectivity index (χ4v) is 3.00. The number of anilines is 1. The lowest BCUT2D eigenvalue weighted by molar-refractivity contribution is -0.127. The molecule has 3 rings (SSSR count). The van der Waals surface area contributed by atoms with Gasteiger partial charge in [-0.2, -0.15) is 5.10 Å². The lowest BCUT2D eigenvalue weighted by atomic mass is 10.1. The Labute approximate surface area is 107 Å². The zero-order valence-corrected chi connectivity index (χ0v) is 11.0. The van der Waals surface area contributed by atoms with E-state index < -0.39 is 0 Å². The number of nitrogens with one attached hydrogen (secondary N) is 1. The van der Waals surface area contributed by atoms with E-state index in [-0.39, 0.29) is 6.04 Å². The van der Waals surface area contributed by atoms with Crippen LogP contribution in [0.3, 0.4) is 0 Å². The molecule has 2 unspecified atom stereocenters. The van der Waals surface area contributed by atoms with Crippen LogP contribution < -0.4 is 5.32 Å². The predicted octanol–water partition coefficient (Wildman–Crippen LogP) is 1.64. The molecule has 2 atom stereocenters. The topological polar surface area (TPSA) is 50.2 Å². The summed E-state index contributed by atoms with van der Waals surface area (Å²) >= 11 is 0. The van der Waals surface area contributed by atoms with Crippen LogP contribution in [0.1, 0.15) is 39.2 Å². The van der Waals surface area contributed by atoms with Crippen LogP contribution in [0.2, 0.25) is 0 Å². The molecule has 2 saturated heterocycles. The standard InChI is InChI=1S/C13H20N4O/c1-9(2)17-7-5-12(15-17)14-10-8-13(18)16-6-3-4-11(10)16/h5,7,9-11H,3-4,6,8H2,1-2H3,(H,14,15). The highest BCUT2D eigenvalue weighted by atomic mass is 16.2. The molecule has 2 aliphatic rings.